The molecule has 0 saturated heterocycles. The summed E-state index contributed by atoms with van der Waals surface area (Å²) in [5.74, 6) is 0.668. The quantitative estimate of drug-likeness (QED) is 0.682. The zero-order valence-electron chi connectivity index (χ0n) is 9.73. The number of para-hydroxylation sites is 1. The molecule has 0 aliphatic heterocycles. The second kappa shape index (κ2) is 6.35. The third kappa shape index (κ3) is 3.72. The van der Waals surface area contributed by atoms with Crippen LogP contribution >= 0.6 is 0 Å². The van der Waals surface area contributed by atoms with Gasteiger partial charge in [-0.15, -0.1) is 0 Å². The van der Waals surface area contributed by atoms with Gasteiger partial charge in [-0.1, -0.05) is 12.1 Å². The molecule has 3 N–H and O–H groups in total. The first-order valence-corrected chi connectivity index (χ1v) is 5.47. The Morgan fingerprint density at radius 1 is 1.44 bits per heavy atom. The van der Waals surface area contributed by atoms with Crippen LogP contribution in [0.5, 0.6) is 11.5 Å². The highest BCUT2D eigenvalue weighted by atomic mass is 16.5. The average Bonchev–Trinajstić information content (AvgIpc) is 2.23. The van der Waals surface area contributed by atoms with Gasteiger partial charge in [0.15, 0.2) is 11.5 Å². The number of phenols is 1. The molecule has 0 heterocycles. The van der Waals surface area contributed by atoms with Crippen molar-refractivity contribution >= 4 is 0 Å². The molecule has 4 heteroatoms. The van der Waals surface area contributed by atoms with E-state index in [1.165, 1.54) is 0 Å². The number of nitrogens with one attached hydrogen (secondary N) is 1. The van der Waals surface area contributed by atoms with Crippen molar-refractivity contribution in [3.63, 3.8) is 0 Å². The van der Waals surface area contributed by atoms with Gasteiger partial charge in [0.05, 0.1) is 12.7 Å². The Kier molecular flexibility index (Phi) is 5.08. The Morgan fingerprint density at radius 3 is 2.81 bits per heavy atom. The van der Waals surface area contributed by atoms with E-state index in [1.807, 2.05) is 19.1 Å². The van der Waals surface area contributed by atoms with Crippen LogP contribution in [0.3, 0.4) is 0 Å². The predicted octanol–water partition coefficient (Wildman–Crippen LogP) is 1.26. The second-order valence-electron chi connectivity index (χ2n) is 3.68. The van der Waals surface area contributed by atoms with Gasteiger partial charge < -0.3 is 20.3 Å². The standard InChI is InChI=1S/C12H19NO3/c1-3-16-11-6-4-5-10(12(11)15)8-13-7-9(2)14/h4-6,9,13-15H,3,7-8H2,1-2H3. The third-order valence-corrected chi connectivity index (χ3v) is 2.14. The first kappa shape index (κ1) is 12.8. The Balaban J connectivity index is 2.62. The molecule has 4 nitrogen and oxygen atoms in total. The van der Waals surface area contributed by atoms with E-state index >= 15 is 0 Å². The molecule has 1 aromatic rings. The Morgan fingerprint density at radius 2 is 2.19 bits per heavy atom. The smallest absolute Gasteiger partial charge is 0.162 e. The molecule has 0 aliphatic rings. The molecular weight excluding hydrogens is 206 g/mol. The Bertz CT molecular complexity index is 326. The van der Waals surface area contributed by atoms with Crippen LogP contribution in [0.25, 0.3) is 0 Å². The van der Waals surface area contributed by atoms with Crippen LogP contribution in [0, 0.1) is 0 Å². The van der Waals surface area contributed by atoms with Gasteiger partial charge >= 0.3 is 0 Å². The van der Waals surface area contributed by atoms with E-state index in [0.717, 1.165) is 5.56 Å². The van der Waals surface area contributed by atoms with Crippen molar-refractivity contribution in [2.24, 2.45) is 0 Å². The second-order valence-corrected chi connectivity index (χ2v) is 3.68. The van der Waals surface area contributed by atoms with Crippen LogP contribution in [0.1, 0.15) is 19.4 Å². The molecule has 0 fully saturated rings. The summed E-state index contributed by atoms with van der Waals surface area (Å²) < 4.78 is 5.28. The van der Waals surface area contributed by atoms with Gasteiger partial charge in [0.25, 0.3) is 0 Å². The van der Waals surface area contributed by atoms with E-state index < -0.39 is 6.10 Å². The topological polar surface area (TPSA) is 61.7 Å². The zero-order chi connectivity index (χ0) is 12.0. The minimum atomic E-state index is -0.391. The number of ether oxygens (including phenoxy) is 1. The van der Waals surface area contributed by atoms with Gasteiger partial charge in [0.1, 0.15) is 0 Å². The normalized spacial score (nSPS) is 12.4. The summed E-state index contributed by atoms with van der Waals surface area (Å²) in [5.41, 5.74) is 0.770. The molecule has 0 radical (unpaired) electrons. The predicted molar refractivity (Wildman–Crippen MR) is 62.7 cm³/mol. The van der Waals surface area contributed by atoms with Crippen LogP contribution in [-0.4, -0.2) is 29.5 Å². The van der Waals surface area contributed by atoms with Crippen LogP contribution in [-0.2, 0) is 6.54 Å². The fourth-order valence-electron chi connectivity index (χ4n) is 1.40. The number of aromatic hydroxyl groups is 1. The number of aliphatic hydroxyl groups excluding tert-OH is 1. The highest BCUT2D eigenvalue weighted by Gasteiger charge is 2.07. The van der Waals surface area contributed by atoms with Gasteiger partial charge in [0.2, 0.25) is 0 Å². The highest BCUT2D eigenvalue weighted by molar-refractivity contribution is 5.45. The van der Waals surface area contributed by atoms with Gasteiger partial charge in [-0.05, 0) is 19.9 Å². The van der Waals surface area contributed by atoms with Gasteiger partial charge in [-0.3, -0.25) is 0 Å². The van der Waals surface area contributed by atoms with Crippen LogP contribution < -0.4 is 10.1 Å². The van der Waals surface area contributed by atoms with E-state index in [1.54, 1.807) is 13.0 Å². The van der Waals surface area contributed by atoms with Crippen molar-refractivity contribution in [1.82, 2.24) is 5.32 Å². The highest BCUT2D eigenvalue weighted by Crippen LogP contribution is 2.29. The number of aliphatic hydroxyl groups is 1. The molecular formula is C12H19NO3. The van der Waals surface area contributed by atoms with Crippen molar-refractivity contribution in [2.45, 2.75) is 26.5 Å². The molecule has 0 aliphatic carbocycles. The third-order valence-electron chi connectivity index (χ3n) is 2.14. The van der Waals surface area contributed by atoms with E-state index in [0.29, 0.717) is 25.4 Å². The van der Waals surface area contributed by atoms with Crippen molar-refractivity contribution in [3.05, 3.63) is 23.8 Å². The van der Waals surface area contributed by atoms with Crippen LogP contribution in [0.2, 0.25) is 0 Å². The van der Waals surface area contributed by atoms with Gasteiger partial charge in [0, 0.05) is 18.7 Å². The largest absolute Gasteiger partial charge is 0.504 e. The lowest BCUT2D eigenvalue weighted by Gasteiger charge is -2.11. The molecule has 1 aromatic carbocycles. The number of rotatable bonds is 6. The number of hydrogen-bond donors (Lipinski definition) is 3. The monoisotopic (exact) mass is 225 g/mol. The van der Waals surface area contributed by atoms with Gasteiger partial charge in [-0.2, -0.15) is 0 Å². The summed E-state index contributed by atoms with van der Waals surface area (Å²) in [5, 5.41) is 22.0. The average molecular weight is 225 g/mol. The van der Waals surface area contributed by atoms with Gasteiger partial charge in [-0.25, -0.2) is 0 Å². The molecule has 90 valence electrons. The zero-order valence-corrected chi connectivity index (χ0v) is 9.73. The fourth-order valence-corrected chi connectivity index (χ4v) is 1.40. The molecule has 0 amide bonds. The van der Waals surface area contributed by atoms with Crippen LogP contribution in [0.15, 0.2) is 18.2 Å². The van der Waals surface area contributed by atoms with Crippen molar-refractivity contribution < 1.29 is 14.9 Å². The summed E-state index contributed by atoms with van der Waals surface area (Å²) in [4.78, 5) is 0. The van der Waals surface area contributed by atoms with Crippen molar-refractivity contribution in [2.75, 3.05) is 13.2 Å². The lowest BCUT2D eigenvalue weighted by Crippen LogP contribution is -2.23. The summed E-state index contributed by atoms with van der Waals surface area (Å²) in [6, 6.07) is 5.40. The Hall–Kier alpha value is -1.26. The number of hydrogen-bond acceptors (Lipinski definition) is 4. The minimum absolute atomic E-state index is 0.169. The minimum Gasteiger partial charge on any atom is -0.504 e. The van der Waals surface area contributed by atoms with Crippen LogP contribution in [0.4, 0.5) is 0 Å². The van der Waals surface area contributed by atoms with E-state index in [9.17, 15) is 5.11 Å². The number of benzene rings is 1. The molecule has 0 saturated carbocycles. The first-order chi connectivity index (χ1) is 7.65. The molecule has 0 bridgehead atoms. The molecule has 1 unspecified atom stereocenters. The maximum absolute atomic E-state index is 9.86. The molecule has 1 rings (SSSR count). The maximum atomic E-state index is 9.86. The lowest BCUT2D eigenvalue weighted by molar-refractivity contribution is 0.191. The molecule has 0 aromatic heterocycles. The van der Waals surface area contributed by atoms with E-state index in [4.69, 9.17) is 9.84 Å². The number of phenolic OH excluding ortho intramolecular Hbond substituents is 1. The lowest BCUT2D eigenvalue weighted by atomic mass is 10.2. The first-order valence-electron chi connectivity index (χ1n) is 5.47. The Labute approximate surface area is 95.9 Å². The maximum Gasteiger partial charge on any atom is 0.162 e. The summed E-state index contributed by atoms with van der Waals surface area (Å²) >= 11 is 0. The summed E-state index contributed by atoms with van der Waals surface area (Å²) in [7, 11) is 0. The van der Waals surface area contributed by atoms with E-state index in [2.05, 4.69) is 5.32 Å². The molecule has 16 heavy (non-hydrogen) atoms. The molecule has 1 atom stereocenters. The van der Waals surface area contributed by atoms with Crippen molar-refractivity contribution in [3.8, 4) is 11.5 Å². The fraction of sp³-hybridized carbons (Fsp3) is 0.500. The SMILES string of the molecule is CCOc1cccc(CNCC(C)O)c1O. The van der Waals surface area contributed by atoms with E-state index in [-0.39, 0.29) is 5.75 Å². The summed E-state index contributed by atoms with van der Waals surface area (Å²) in [6.45, 7) is 5.12. The molecule has 0 spiro atoms. The van der Waals surface area contributed by atoms with Crippen molar-refractivity contribution in [1.29, 1.82) is 0 Å². The summed E-state index contributed by atoms with van der Waals surface area (Å²) in [6.07, 6.45) is -0.391.